The van der Waals surface area contributed by atoms with Crippen LogP contribution in [0.2, 0.25) is 0 Å². The lowest BCUT2D eigenvalue weighted by atomic mass is 9.86. The molecule has 0 bridgehead atoms. The molecular formula is C18H29N4O4. The van der Waals surface area contributed by atoms with E-state index in [-0.39, 0.29) is 36.6 Å². The van der Waals surface area contributed by atoms with Gasteiger partial charge in [0.1, 0.15) is 6.04 Å². The van der Waals surface area contributed by atoms with Crippen LogP contribution in [0.3, 0.4) is 0 Å². The third-order valence-corrected chi connectivity index (χ3v) is 5.32. The summed E-state index contributed by atoms with van der Waals surface area (Å²) in [6.07, 6.45) is 2.17. The van der Waals surface area contributed by atoms with E-state index in [2.05, 4.69) is 0 Å². The third kappa shape index (κ3) is 3.90. The van der Waals surface area contributed by atoms with Crippen LogP contribution in [0.25, 0.3) is 0 Å². The molecular weight excluding hydrogens is 336 g/mol. The molecule has 0 saturated carbocycles. The van der Waals surface area contributed by atoms with Gasteiger partial charge in [-0.3, -0.25) is 19.2 Å². The number of carbonyl (C=O) groups is 4. The van der Waals surface area contributed by atoms with Crippen LogP contribution in [-0.2, 0) is 19.2 Å². The first kappa shape index (κ1) is 20.4. The molecule has 0 spiro atoms. The Morgan fingerprint density at radius 2 is 1.88 bits per heavy atom. The highest BCUT2D eigenvalue weighted by atomic mass is 16.2. The van der Waals surface area contributed by atoms with Gasteiger partial charge in [0.05, 0.1) is 25.0 Å². The molecule has 2 aliphatic heterocycles. The predicted molar refractivity (Wildman–Crippen MR) is 95.3 cm³/mol. The summed E-state index contributed by atoms with van der Waals surface area (Å²) in [5.41, 5.74) is 10.9. The highest BCUT2D eigenvalue weighted by Gasteiger charge is 2.52. The summed E-state index contributed by atoms with van der Waals surface area (Å²) in [6, 6.07) is -1.66. The zero-order chi connectivity index (χ0) is 19.8. The molecule has 1 radical (unpaired) electrons. The molecule has 2 rings (SSSR count). The summed E-state index contributed by atoms with van der Waals surface area (Å²) >= 11 is 0. The number of likely N-dealkylation sites (tertiary alicyclic amines) is 2. The standard InChI is InChI=1S/C18H29N4O4/c1-10(16(20)25)5-6-13(24)21-8-7-11-14(21)12(23)9-22(11)17(26)15(19)18(2,3)4/h6,10-11,14-15H,5,7-9,19H2,1-4H3,(H2,20,25). The van der Waals surface area contributed by atoms with Crippen molar-refractivity contribution in [3.05, 3.63) is 6.42 Å². The molecule has 0 aromatic heterocycles. The van der Waals surface area contributed by atoms with E-state index < -0.39 is 29.3 Å². The summed E-state index contributed by atoms with van der Waals surface area (Å²) in [5, 5.41) is 0. The highest BCUT2D eigenvalue weighted by molar-refractivity contribution is 5.99. The molecule has 8 heteroatoms. The fourth-order valence-electron chi connectivity index (χ4n) is 3.42. The summed E-state index contributed by atoms with van der Waals surface area (Å²) in [7, 11) is 0. The first-order valence-electron chi connectivity index (χ1n) is 8.97. The number of amides is 3. The van der Waals surface area contributed by atoms with Crippen LogP contribution in [0.5, 0.6) is 0 Å². The van der Waals surface area contributed by atoms with Crippen molar-refractivity contribution in [3.8, 4) is 0 Å². The number of carbonyl (C=O) groups excluding carboxylic acids is 4. The zero-order valence-corrected chi connectivity index (χ0v) is 15.9. The topological polar surface area (TPSA) is 127 Å². The SMILES string of the molecule is CC(C[CH]C(=O)N1CCC2C1C(=O)CN2C(=O)C(N)C(C)(C)C)C(N)=O. The maximum absolute atomic E-state index is 12.7. The van der Waals surface area contributed by atoms with Gasteiger partial charge in [-0.1, -0.05) is 27.7 Å². The minimum atomic E-state index is -0.707. The molecule has 4 N–H and O–H groups in total. The van der Waals surface area contributed by atoms with Crippen molar-refractivity contribution in [2.45, 2.75) is 58.7 Å². The molecule has 3 amide bonds. The van der Waals surface area contributed by atoms with Crippen LogP contribution in [0.1, 0.15) is 40.5 Å². The molecule has 2 saturated heterocycles. The van der Waals surface area contributed by atoms with Crippen molar-refractivity contribution < 1.29 is 19.2 Å². The maximum atomic E-state index is 12.7. The lowest BCUT2D eigenvalue weighted by molar-refractivity contribution is -0.136. The van der Waals surface area contributed by atoms with Crippen molar-refractivity contribution in [1.82, 2.24) is 9.80 Å². The van der Waals surface area contributed by atoms with E-state index in [0.717, 1.165) is 0 Å². The van der Waals surface area contributed by atoms with Gasteiger partial charge in [-0.25, -0.2) is 0 Å². The Bertz CT molecular complexity index is 613. The van der Waals surface area contributed by atoms with Crippen molar-refractivity contribution in [3.63, 3.8) is 0 Å². The Hall–Kier alpha value is -1.96. The van der Waals surface area contributed by atoms with E-state index in [1.54, 1.807) is 6.92 Å². The Balaban J connectivity index is 2.06. The van der Waals surface area contributed by atoms with Gasteiger partial charge in [-0.15, -0.1) is 0 Å². The van der Waals surface area contributed by atoms with E-state index in [1.165, 1.54) is 16.2 Å². The molecule has 2 fully saturated rings. The Kier molecular flexibility index (Phi) is 5.75. The van der Waals surface area contributed by atoms with Crippen LogP contribution in [-0.4, -0.2) is 64.5 Å². The van der Waals surface area contributed by atoms with Gasteiger partial charge in [0.2, 0.25) is 17.7 Å². The molecule has 2 aliphatic rings. The number of hydrogen-bond acceptors (Lipinski definition) is 5. The monoisotopic (exact) mass is 365 g/mol. The lowest BCUT2D eigenvalue weighted by Crippen LogP contribution is -2.52. The molecule has 0 aromatic carbocycles. The Morgan fingerprint density at radius 1 is 1.27 bits per heavy atom. The van der Waals surface area contributed by atoms with E-state index in [1.807, 2.05) is 20.8 Å². The van der Waals surface area contributed by atoms with Gasteiger partial charge in [-0.05, 0) is 18.3 Å². The van der Waals surface area contributed by atoms with Crippen LogP contribution >= 0.6 is 0 Å². The lowest BCUT2D eigenvalue weighted by Gasteiger charge is -2.32. The Labute approximate surface area is 154 Å². The Morgan fingerprint density at radius 3 is 2.42 bits per heavy atom. The maximum Gasteiger partial charge on any atom is 0.240 e. The number of nitrogens with zero attached hydrogens (tertiary/aromatic N) is 2. The largest absolute Gasteiger partial charge is 0.369 e. The van der Waals surface area contributed by atoms with Crippen molar-refractivity contribution in [2.75, 3.05) is 13.1 Å². The first-order chi connectivity index (χ1) is 11.9. The summed E-state index contributed by atoms with van der Waals surface area (Å²) in [6.45, 7) is 7.67. The predicted octanol–water partition coefficient (Wildman–Crippen LogP) is -0.544. The van der Waals surface area contributed by atoms with Crippen molar-refractivity contribution >= 4 is 23.5 Å². The fourth-order valence-corrected chi connectivity index (χ4v) is 3.42. The number of rotatable bonds is 5. The number of Topliss-reactive ketones (excluding diaryl/α,β-unsaturated/α-hetero) is 1. The average Bonchev–Trinajstić information content (AvgIpc) is 3.11. The number of hydrogen-bond donors (Lipinski definition) is 2. The number of fused-ring (bicyclic) bond motifs is 1. The van der Waals surface area contributed by atoms with Gasteiger partial charge in [0.15, 0.2) is 5.78 Å². The van der Waals surface area contributed by atoms with E-state index in [0.29, 0.717) is 13.0 Å². The second-order valence-corrected chi connectivity index (χ2v) is 8.35. The van der Waals surface area contributed by atoms with Crippen molar-refractivity contribution in [1.29, 1.82) is 0 Å². The summed E-state index contributed by atoms with van der Waals surface area (Å²) in [5.74, 6) is -1.61. The minimum Gasteiger partial charge on any atom is -0.369 e. The van der Waals surface area contributed by atoms with Crippen molar-refractivity contribution in [2.24, 2.45) is 22.8 Å². The molecule has 0 aromatic rings. The van der Waals surface area contributed by atoms with E-state index in [4.69, 9.17) is 11.5 Å². The number of ketones is 1. The van der Waals surface area contributed by atoms with Crippen LogP contribution < -0.4 is 11.5 Å². The summed E-state index contributed by atoms with van der Waals surface area (Å²) < 4.78 is 0. The number of primary amides is 1. The molecule has 8 nitrogen and oxygen atoms in total. The molecule has 4 atom stereocenters. The van der Waals surface area contributed by atoms with Gasteiger partial charge >= 0.3 is 0 Å². The van der Waals surface area contributed by atoms with E-state index in [9.17, 15) is 19.2 Å². The normalized spacial score (nSPS) is 25.2. The number of nitrogens with two attached hydrogens (primary N) is 2. The zero-order valence-electron chi connectivity index (χ0n) is 15.9. The smallest absolute Gasteiger partial charge is 0.240 e. The molecule has 145 valence electrons. The molecule has 2 heterocycles. The van der Waals surface area contributed by atoms with Crippen LogP contribution in [0.4, 0.5) is 0 Å². The van der Waals surface area contributed by atoms with Crippen LogP contribution in [0, 0.1) is 17.8 Å². The van der Waals surface area contributed by atoms with Gasteiger partial charge < -0.3 is 21.3 Å². The van der Waals surface area contributed by atoms with Crippen LogP contribution in [0.15, 0.2) is 0 Å². The summed E-state index contributed by atoms with van der Waals surface area (Å²) in [4.78, 5) is 51.8. The molecule has 26 heavy (non-hydrogen) atoms. The minimum absolute atomic E-state index is 0.0145. The molecule has 0 aliphatic carbocycles. The average molecular weight is 365 g/mol. The quantitative estimate of drug-likeness (QED) is 0.676. The van der Waals surface area contributed by atoms with E-state index >= 15 is 0 Å². The van der Waals surface area contributed by atoms with Gasteiger partial charge in [0, 0.05) is 12.5 Å². The fraction of sp³-hybridized carbons (Fsp3) is 0.722. The highest BCUT2D eigenvalue weighted by Crippen LogP contribution is 2.32. The third-order valence-electron chi connectivity index (χ3n) is 5.32. The second-order valence-electron chi connectivity index (χ2n) is 8.35. The van der Waals surface area contributed by atoms with Gasteiger partial charge in [0.25, 0.3) is 0 Å². The molecule has 4 unspecified atom stereocenters. The second kappa shape index (κ2) is 7.34. The first-order valence-corrected chi connectivity index (χ1v) is 8.97. The van der Waals surface area contributed by atoms with Gasteiger partial charge in [-0.2, -0.15) is 0 Å².